The molecule has 9 heteroatoms. The smallest absolute Gasteiger partial charge is 0.243 e. The molecule has 2 amide bonds. The third-order valence-electron chi connectivity index (χ3n) is 5.91. The van der Waals surface area contributed by atoms with Gasteiger partial charge in [-0.25, -0.2) is 8.42 Å². The quantitative estimate of drug-likeness (QED) is 0.619. The molecule has 1 aliphatic heterocycles. The van der Waals surface area contributed by atoms with E-state index in [1.165, 1.54) is 4.31 Å². The second-order valence-corrected chi connectivity index (χ2v) is 10.2. The number of benzene rings is 1. The van der Waals surface area contributed by atoms with Gasteiger partial charge in [-0.15, -0.1) is 0 Å². The molecule has 0 unspecified atom stereocenters. The zero-order valence-corrected chi connectivity index (χ0v) is 20.4. The average molecular weight is 453 g/mol. The molecule has 0 radical (unpaired) electrons. The predicted octanol–water partition coefficient (Wildman–Crippen LogP) is 1.26. The molecular formula is C22H36N4O4S. The Hall–Kier alpha value is -1.97. The Bertz CT molecular complexity index is 896. The molecule has 174 valence electrons. The van der Waals surface area contributed by atoms with Gasteiger partial charge in [0.05, 0.1) is 11.4 Å². The Morgan fingerprint density at radius 3 is 2.10 bits per heavy atom. The first-order valence-corrected chi connectivity index (χ1v) is 12.3. The first kappa shape index (κ1) is 25.3. The Morgan fingerprint density at radius 1 is 1.03 bits per heavy atom. The SMILES string of the molecule is CCCNC(=O)[C@@H](C)NC(=O)CN1CCN(S(=O)(=O)c2c(C)c(C)cc(C)c2C)CC1. The maximum atomic E-state index is 13.4. The lowest BCUT2D eigenvalue weighted by Crippen LogP contribution is -2.53. The van der Waals surface area contributed by atoms with Crippen LogP contribution in [0.5, 0.6) is 0 Å². The van der Waals surface area contributed by atoms with E-state index in [4.69, 9.17) is 0 Å². The molecule has 0 saturated carbocycles. The van der Waals surface area contributed by atoms with Gasteiger partial charge in [0, 0.05) is 32.7 Å². The number of piperazine rings is 1. The first-order valence-electron chi connectivity index (χ1n) is 10.9. The second kappa shape index (κ2) is 10.6. The minimum atomic E-state index is -3.61. The van der Waals surface area contributed by atoms with Crippen molar-refractivity contribution in [2.75, 3.05) is 39.3 Å². The third-order valence-corrected chi connectivity index (χ3v) is 8.09. The highest BCUT2D eigenvalue weighted by Crippen LogP contribution is 2.29. The van der Waals surface area contributed by atoms with Gasteiger partial charge < -0.3 is 10.6 Å². The van der Waals surface area contributed by atoms with Crippen molar-refractivity contribution in [1.82, 2.24) is 19.8 Å². The number of rotatable bonds is 8. The summed E-state index contributed by atoms with van der Waals surface area (Å²) in [6.45, 7) is 13.5. The predicted molar refractivity (Wildman–Crippen MR) is 121 cm³/mol. The normalized spacial score (nSPS) is 16.7. The number of hydrogen-bond donors (Lipinski definition) is 2. The second-order valence-electron chi connectivity index (χ2n) is 8.35. The van der Waals surface area contributed by atoms with Gasteiger partial charge in [-0.2, -0.15) is 4.31 Å². The van der Waals surface area contributed by atoms with Crippen LogP contribution in [-0.2, 0) is 19.6 Å². The van der Waals surface area contributed by atoms with Crippen molar-refractivity contribution >= 4 is 21.8 Å². The molecule has 1 heterocycles. The van der Waals surface area contributed by atoms with Crippen molar-refractivity contribution in [2.24, 2.45) is 0 Å². The molecule has 1 saturated heterocycles. The molecule has 8 nitrogen and oxygen atoms in total. The van der Waals surface area contributed by atoms with Crippen LogP contribution in [0.3, 0.4) is 0 Å². The molecule has 0 aromatic heterocycles. The minimum Gasteiger partial charge on any atom is -0.354 e. The summed E-state index contributed by atoms with van der Waals surface area (Å²) in [5.41, 5.74) is 3.52. The summed E-state index contributed by atoms with van der Waals surface area (Å²) in [7, 11) is -3.61. The van der Waals surface area contributed by atoms with E-state index in [1.54, 1.807) is 6.92 Å². The highest BCUT2D eigenvalue weighted by molar-refractivity contribution is 7.89. The molecule has 1 aromatic carbocycles. The van der Waals surface area contributed by atoms with Crippen molar-refractivity contribution in [2.45, 2.75) is 58.9 Å². The summed E-state index contributed by atoms with van der Waals surface area (Å²) in [6, 6.07) is 1.42. The van der Waals surface area contributed by atoms with Gasteiger partial charge in [0.1, 0.15) is 6.04 Å². The summed E-state index contributed by atoms with van der Waals surface area (Å²) < 4.78 is 28.2. The van der Waals surface area contributed by atoms with Gasteiger partial charge in [0.25, 0.3) is 0 Å². The molecule has 1 atom stereocenters. The van der Waals surface area contributed by atoms with Gasteiger partial charge in [-0.05, 0) is 63.3 Å². The highest BCUT2D eigenvalue weighted by atomic mass is 32.2. The van der Waals surface area contributed by atoms with E-state index >= 15 is 0 Å². The van der Waals surface area contributed by atoms with Crippen molar-refractivity contribution in [3.8, 4) is 0 Å². The van der Waals surface area contributed by atoms with E-state index in [2.05, 4.69) is 10.6 Å². The Balaban J connectivity index is 1.97. The van der Waals surface area contributed by atoms with Gasteiger partial charge in [0.15, 0.2) is 0 Å². The number of hydrogen-bond acceptors (Lipinski definition) is 5. The van der Waals surface area contributed by atoms with Crippen molar-refractivity contribution < 1.29 is 18.0 Å². The molecule has 2 rings (SSSR count). The zero-order chi connectivity index (χ0) is 23.3. The molecule has 1 aliphatic rings. The van der Waals surface area contributed by atoms with Gasteiger partial charge >= 0.3 is 0 Å². The van der Waals surface area contributed by atoms with Gasteiger partial charge in [0.2, 0.25) is 21.8 Å². The lowest BCUT2D eigenvalue weighted by molar-refractivity contribution is -0.129. The van der Waals surface area contributed by atoms with E-state index < -0.39 is 16.1 Å². The average Bonchev–Trinajstić information content (AvgIpc) is 2.70. The van der Waals surface area contributed by atoms with Crippen molar-refractivity contribution in [3.05, 3.63) is 28.3 Å². The molecule has 0 spiro atoms. The fourth-order valence-electron chi connectivity index (χ4n) is 3.78. The van der Waals surface area contributed by atoms with E-state index in [0.717, 1.165) is 28.7 Å². The summed E-state index contributed by atoms with van der Waals surface area (Å²) in [6.07, 6.45) is 0.834. The summed E-state index contributed by atoms with van der Waals surface area (Å²) in [4.78, 5) is 26.5. The molecule has 0 aliphatic carbocycles. The lowest BCUT2D eigenvalue weighted by atomic mass is 10.0. The lowest BCUT2D eigenvalue weighted by Gasteiger charge is -2.34. The number of aryl methyl sites for hydroxylation is 2. The van der Waals surface area contributed by atoms with Crippen LogP contribution in [0.25, 0.3) is 0 Å². The fourth-order valence-corrected chi connectivity index (χ4v) is 5.78. The molecule has 1 aromatic rings. The van der Waals surface area contributed by atoms with Gasteiger partial charge in [-0.3, -0.25) is 14.5 Å². The highest BCUT2D eigenvalue weighted by Gasteiger charge is 2.32. The van der Waals surface area contributed by atoms with Gasteiger partial charge in [-0.1, -0.05) is 13.0 Å². The van der Waals surface area contributed by atoms with Crippen LogP contribution in [0.4, 0.5) is 0 Å². The molecule has 1 fully saturated rings. The van der Waals surface area contributed by atoms with E-state index in [0.29, 0.717) is 37.6 Å². The number of carbonyl (C=O) groups is 2. The number of nitrogens with one attached hydrogen (secondary N) is 2. The summed E-state index contributed by atoms with van der Waals surface area (Å²) >= 11 is 0. The molecule has 0 bridgehead atoms. The fraction of sp³-hybridized carbons (Fsp3) is 0.636. The maximum absolute atomic E-state index is 13.4. The standard InChI is InChI=1S/C22H36N4O4S/c1-7-8-23-22(28)19(6)24-20(27)14-25-9-11-26(12-10-25)31(29,30)21-17(4)15(2)13-16(3)18(21)5/h13,19H,7-12,14H2,1-6H3,(H,23,28)(H,24,27)/t19-/m1/s1. The molecule has 2 N–H and O–H groups in total. The summed E-state index contributed by atoms with van der Waals surface area (Å²) in [5.74, 6) is -0.443. The van der Waals surface area contributed by atoms with Crippen LogP contribution in [0, 0.1) is 27.7 Å². The monoisotopic (exact) mass is 452 g/mol. The van der Waals surface area contributed by atoms with Crippen molar-refractivity contribution in [1.29, 1.82) is 0 Å². The van der Waals surface area contributed by atoms with Crippen LogP contribution in [-0.4, -0.2) is 74.7 Å². The van der Waals surface area contributed by atoms with Crippen LogP contribution in [0.1, 0.15) is 42.5 Å². The number of amides is 2. The van der Waals surface area contributed by atoms with E-state index in [1.807, 2.05) is 45.6 Å². The maximum Gasteiger partial charge on any atom is 0.243 e. The van der Waals surface area contributed by atoms with Crippen LogP contribution in [0.15, 0.2) is 11.0 Å². The Kier molecular flexibility index (Phi) is 8.62. The Labute approximate surface area is 186 Å². The number of sulfonamides is 1. The largest absolute Gasteiger partial charge is 0.354 e. The Morgan fingerprint density at radius 2 is 1.58 bits per heavy atom. The van der Waals surface area contributed by atoms with E-state index in [9.17, 15) is 18.0 Å². The molecular weight excluding hydrogens is 416 g/mol. The third kappa shape index (κ3) is 6.05. The zero-order valence-electron chi connectivity index (χ0n) is 19.5. The molecule has 31 heavy (non-hydrogen) atoms. The summed E-state index contributed by atoms with van der Waals surface area (Å²) in [5, 5.41) is 5.46. The van der Waals surface area contributed by atoms with Crippen molar-refractivity contribution in [3.63, 3.8) is 0 Å². The van der Waals surface area contributed by atoms with Crippen LogP contribution >= 0.6 is 0 Å². The van der Waals surface area contributed by atoms with Crippen LogP contribution < -0.4 is 10.6 Å². The first-order chi connectivity index (χ1) is 14.5. The number of nitrogens with zero attached hydrogens (tertiary/aromatic N) is 2. The number of carbonyl (C=O) groups excluding carboxylic acids is 2. The topological polar surface area (TPSA) is 98.8 Å². The minimum absolute atomic E-state index is 0.140. The van der Waals surface area contributed by atoms with Crippen LogP contribution in [0.2, 0.25) is 0 Å². The van der Waals surface area contributed by atoms with E-state index in [-0.39, 0.29) is 18.4 Å².